The van der Waals surface area contributed by atoms with E-state index in [4.69, 9.17) is 0 Å². The second-order valence-corrected chi connectivity index (χ2v) is 4.94. The van der Waals surface area contributed by atoms with Gasteiger partial charge < -0.3 is 10.4 Å². The van der Waals surface area contributed by atoms with Gasteiger partial charge in [0.25, 0.3) is 0 Å². The van der Waals surface area contributed by atoms with Gasteiger partial charge in [-0.3, -0.25) is 0 Å². The van der Waals surface area contributed by atoms with Crippen LogP contribution in [0.1, 0.15) is 39.0 Å². The van der Waals surface area contributed by atoms with Gasteiger partial charge >= 0.3 is 5.97 Å². The molecular weight excluding hydrogens is 230 g/mol. The summed E-state index contributed by atoms with van der Waals surface area (Å²) < 4.78 is 0. The van der Waals surface area contributed by atoms with Gasteiger partial charge in [-0.1, -0.05) is 13.3 Å². The topological polar surface area (TPSA) is 75.1 Å². The first-order valence-electron chi connectivity index (χ1n) is 6.45. The third-order valence-corrected chi connectivity index (χ3v) is 3.86. The lowest BCUT2D eigenvalue weighted by atomic mass is 9.75. The van der Waals surface area contributed by atoms with E-state index in [9.17, 15) is 9.90 Å². The van der Waals surface area contributed by atoms with Gasteiger partial charge in [0, 0.05) is 12.4 Å². The first-order chi connectivity index (χ1) is 8.66. The van der Waals surface area contributed by atoms with Gasteiger partial charge in [0.1, 0.15) is 5.54 Å². The van der Waals surface area contributed by atoms with Crippen LogP contribution < -0.4 is 5.32 Å². The van der Waals surface area contributed by atoms with Crippen molar-refractivity contribution in [3.8, 4) is 0 Å². The van der Waals surface area contributed by atoms with Crippen LogP contribution in [0.5, 0.6) is 0 Å². The normalized spacial score (nSPS) is 27.7. The summed E-state index contributed by atoms with van der Waals surface area (Å²) in [6.45, 7) is 2.16. The average molecular weight is 249 g/mol. The zero-order chi connectivity index (χ0) is 13.0. The van der Waals surface area contributed by atoms with Crippen LogP contribution in [0.4, 0.5) is 5.95 Å². The lowest BCUT2D eigenvalue weighted by Crippen LogP contribution is -2.49. The molecule has 1 aliphatic carbocycles. The molecule has 1 aromatic rings. The van der Waals surface area contributed by atoms with Gasteiger partial charge in [0.15, 0.2) is 0 Å². The Kier molecular flexibility index (Phi) is 3.79. The molecule has 1 aromatic heterocycles. The van der Waals surface area contributed by atoms with Gasteiger partial charge in [0.05, 0.1) is 0 Å². The number of carboxylic acid groups (broad SMARTS) is 1. The molecule has 0 amide bonds. The molecule has 1 saturated carbocycles. The summed E-state index contributed by atoms with van der Waals surface area (Å²) in [6.07, 6.45) is 7.52. The lowest BCUT2D eigenvalue weighted by Gasteiger charge is -2.37. The first-order valence-corrected chi connectivity index (χ1v) is 6.45. The minimum atomic E-state index is -0.896. The van der Waals surface area contributed by atoms with E-state index in [1.54, 1.807) is 18.5 Å². The van der Waals surface area contributed by atoms with E-state index in [0.717, 1.165) is 19.3 Å². The maximum absolute atomic E-state index is 11.6. The number of carboxylic acids is 1. The molecule has 18 heavy (non-hydrogen) atoms. The third-order valence-electron chi connectivity index (χ3n) is 3.86. The number of hydrogen-bond acceptors (Lipinski definition) is 4. The van der Waals surface area contributed by atoms with Crippen LogP contribution in [-0.4, -0.2) is 26.6 Å². The Morgan fingerprint density at radius 2 is 2.06 bits per heavy atom. The van der Waals surface area contributed by atoms with E-state index in [2.05, 4.69) is 22.2 Å². The second-order valence-electron chi connectivity index (χ2n) is 4.94. The summed E-state index contributed by atoms with van der Waals surface area (Å²) in [5.74, 6) is 0.246. The van der Waals surface area contributed by atoms with Crippen LogP contribution in [0.15, 0.2) is 18.5 Å². The molecule has 1 fully saturated rings. The van der Waals surface area contributed by atoms with Crippen molar-refractivity contribution in [2.24, 2.45) is 5.92 Å². The van der Waals surface area contributed by atoms with Gasteiger partial charge in [-0.2, -0.15) is 0 Å². The summed E-state index contributed by atoms with van der Waals surface area (Å²) in [5, 5.41) is 12.5. The smallest absolute Gasteiger partial charge is 0.329 e. The molecule has 1 aliphatic rings. The van der Waals surface area contributed by atoms with E-state index in [1.165, 1.54) is 0 Å². The van der Waals surface area contributed by atoms with E-state index in [0.29, 0.717) is 24.7 Å². The molecule has 1 heterocycles. The molecular formula is C13H19N3O2. The number of rotatable bonds is 4. The van der Waals surface area contributed by atoms with Crippen LogP contribution >= 0.6 is 0 Å². The molecule has 2 rings (SSSR count). The van der Waals surface area contributed by atoms with Gasteiger partial charge in [-0.15, -0.1) is 0 Å². The fraction of sp³-hybridized carbons (Fsp3) is 0.615. The monoisotopic (exact) mass is 249 g/mol. The SMILES string of the molecule is CCC1CCC(Nc2ncccn2)(C(=O)O)CC1. The summed E-state index contributed by atoms with van der Waals surface area (Å²) in [7, 11) is 0. The van der Waals surface area contributed by atoms with Gasteiger partial charge in [-0.25, -0.2) is 14.8 Å². The molecule has 0 aromatic carbocycles. The molecule has 98 valence electrons. The largest absolute Gasteiger partial charge is 0.480 e. The Balaban J connectivity index is 2.12. The Morgan fingerprint density at radius 3 is 2.56 bits per heavy atom. The highest BCUT2D eigenvalue weighted by Gasteiger charge is 2.42. The van der Waals surface area contributed by atoms with Crippen molar-refractivity contribution in [1.29, 1.82) is 0 Å². The standard InChI is InChI=1S/C13H19N3O2/c1-2-10-4-6-13(7-5-10,11(17)18)16-12-14-8-3-9-15-12/h3,8-10H,2,4-7H2,1H3,(H,17,18)(H,14,15,16). The van der Waals surface area contributed by atoms with Crippen LogP contribution in [0, 0.1) is 5.92 Å². The molecule has 0 spiro atoms. The number of nitrogens with one attached hydrogen (secondary N) is 1. The van der Waals surface area contributed by atoms with Crippen molar-refractivity contribution in [2.45, 2.75) is 44.6 Å². The Labute approximate surface area is 107 Å². The summed E-state index contributed by atoms with van der Waals surface area (Å²) >= 11 is 0. The second kappa shape index (κ2) is 5.33. The predicted octanol–water partition coefficient (Wildman–Crippen LogP) is 2.31. The molecule has 5 heteroatoms. The van der Waals surface area contributed by atoms with Crippen LogP contribution in [-0.2, 0) is 4.79 Å². The van der Waals surface area contributed by atoms with Crippen molar-refractivity contribution in [3.05, 3.63) is 18.5 Å². The van der Waals surface area contributed by atoms with Crippen molar-refractivity contribution < 1.29 is 9.90 Å². The fourth-order valence-electron chi connectivity index (χ4n) is 2.55. The van der Waals surface area contributed by atoms with E-state index < -0.39 is 11.5 Å². The highest BCUT2D eigenvalue weighted by Crippen LogP contribution is 2.35. The van der Waals surface area contributed by atoms with Gasteiger partial charge in [-0.05, 0) is 37.7 Å². The number of carbonyl (C=O) groups is 1. The maximum atomic E-state index is 11.6. The highest BCUT2D eigenvalue weighted by atomic mass is 16.4. The Morgan fingerprint density at radius 1 is 1.44 bits per heavy atom. The number of nitrogens with zero attached hydrogens (tertiary/aromatic N) is 2. The molecule has 2 N–H and O–H groups in total. The van der Waals surface area contributed by atoms with E-state index in [-0.39, 0.29) is 0 Å². The quantitative estimate of drug-likeness (QED) is 0.856. The Hall–Kier alpha value is -1.65. The van der Waals surface area contributed by atoms with Crippen LogP contribution in [0.3, 0.4) is 0 Å². The number of anilines is 1. The van der Waals surface area contributed by atoms with Crippen LogP contribution in [0.25, 0.3) is 0 Å². The van der Waals surface area contributed by atoms with Crippen molar-refractivity contribution >= 4 is 11.9 Å². The molecule has 5 nitrogen and oxygen atoms in total. The van der Waals surface area contributed by atoms with E-state index in [1.807, 2.05) is 0 Å². The average Bonchev–Trinajstić information content (AvgIpc) is 2.40. The minimum absolute atomic E-state index is 0.398. The molecule has 0 saturated heterocycles. The summed E-state index contributed by atoms with van der Waals surface area (Å²) in [6, 6.07) is 1.71. The summed E-state index contributed by atoms with van der Waals surface area (Å²) in [5.41, 5.74) is -0.896. The van der Waals surface area contributed by atoms with E-state index >= 15 is 0 Å². The van der Waals surface area contributed by atoms with Gasteiger partial charge in [0.2, 0.25) is 5.95 Å². The molecule has 0 atom stereocenters. The first kappa shape index (κ1) is 12.8. The zero-order valence-corrected chi connectivity index (χ0v) is 10.6. The molecule has 0 aliphatic heterocycles. The number of hydrogen-bond donors (Lipinski definition) is 2. The summed E-state index contributed by atoms with van der Waals surface area (Å²) in [4.78, 5) is 19.7. The molecule has 0 bridgehead atoms. The third kappa shape index (κ3) is 2.60. The van der Waals surface area contributed by atoms with Crippen molar-refractivity contribution in [2.75, 3.05) is 5.32 Å². The highest BCUT2D eigenvalue weighted by molar-refractivity contribution is 5.82. The number of aliphatic carboxylic acids is 1. The maximum Gasteiger partial charge on any atom is 0.329 e. The van der Waals surface area contributed by atoms with Crippen molar-refractivity contribution in [3.63, 3.8) is 0 Å². The fourth-order valence-corrected chi connectivity index (χ4v) is 2.55. The van der Waals surface area contributed by atoms with Crippen molar-refractivity contribution in [1.82, 2.24) is 9.97 Å². The zero-order valence-electron chi connectivity index (χ0n) is 10.6. The minimum Gasteiger partial charge on any atom is -0.480 e. The molecule has 0 unspecified atom stereocenters. The number of aromatic nitrogens is 2. The van der Waals surface area contributed by atoms with Crippen LogP contribution in [0.2, 0.25) is 0 Å². The lowest BCUT2D eigenvalue weighted by molar-refractivity contribution is -0.143. The predicted molar refractivity (Wildman–Crippen MR) is 68.3 cm³/mol. The molecule has 0 radical (unpaired) electrons. The Bertz CT molecular complexity index is 400.